The smallest absolute Gasteiger partial charge is 0.412 e. The Kier molecular flexibility index (Phi) is 12.1. The van der Waals surface area contributed by atoms with Gasteiger partial charge >= 0.3 is 7.82 Å². The Hall–Kier alpha value is -1.21. The van der Waals surface area contributed by atoms with Crippen LogP contribution in [0.4, 0.5) is 0 Å². The minimum Gasteiger partial charge on any atom is -0.412 e. The fourth-order valence-corrected chi connectivity index (χ4v) is 14.4. The van der Waals surface area contributed by atoms with Crippen molar-refractivity contribution in [3.63, 3.8) is 0 Å². The summed E-state index contributed by atoms with van der Waals surface area (Å²) >= 11 is 0. The van der Waals surface area contributed by atoms with Gasteiger partial charge in [0.2, 0.25) is 0 Å². The highest BCUT2D eigenvalue weighted by molar-refractivity contribution is 7.49. The number of fused-ring (bicyclic) bond motifs is 2. The summed E-state index contributed by atoms with van der Waals surface area (Å²) in [5, 5.41) is 11.0. The van der Waals surface area contributed by atoms with Crippen molar-refractivity contribution in [3.05, 3.63) is 53.6 Å². The maximum Gasteiger partial charge on any atom is 0.530 e. The standard InChI is InChI=1S/C39H63O6PSi/c1-8-47(9-2,10-3)45-38(5,6)24-14-16-29(4)34-22-23-35-31(17-15-25-39(34,35)7)21-20-30-26-36(40)33-28-42-46(41,44-37(33)27-30)43-32-18-12-11-13-19-32/h11-13,18-21,29,33-37,40H,8-10,14-17,22-28H2,1-7H3/b30-20+,31-21+/t29-,33+,34-,35+,36-,37-,39-,46+/m1/s1. The number of aliphatic hydroxyl groups is 1. The lowest BCUT2D eigenvalue weighted by molar-refractivity contribution is -0.0633. The molecule has 6 nitrogen and oxygen atoms in total. The van der Waals surface area contributed by atoms with E-state index in [4.69, 9.17) is 18.0 Å². The zero-order valence-corrected chi connectivity index (χ0v) is 32.2. The summed E-state index contributed by atoms with van der Waals surface area (Å²) in [5.41, 5.74) is 3.06. The average Bonchev–Trinajstić information content (AvgIpc) is 3.40. The highest BCUT2D eigenvalue weighted by Crippen LogP contribution is 2.60. The van der Waals surface area contributed by atoms with Crippen molar-refractivity contribution in [2.45, 2.75) is 149 Å². The molecule has 1 aromatic rings. The van der Waals surface area contributed by atoms with Crippen LogP contribution in [0.25, 0.3) is 0 Å². The zero-order valence-electron chi connectivity index (χ0n) is 30.3. The van der Waals surface area contributed by atoms with E-state index in [0.29, 0.717) is 35.8 Å². The third-order valence-electron chi connectivity index (χ3n) is 12.7. The molecule has 0 radical (unpaired) electrons. The molecule has 264 valence electrons. The Morgan fingerprint density at radius 2 is 1.83 bits per heavy atom. The van der Waals surface area contributed by atoms with E-state index >= 15 is 0 Å². The summed E-state index contributed by atoms with van der Waals surface area (Å²) in [5.74, 6) is 2.36. The van der Waals surface area contributed by atoms with Crippen molar-refractivity contribution in [2.24, 2.45) is 29.1 Å². The second-order valence-electron chi connectivity index (χ2n) is 16.1. The number of hydrogen-bond acceptors (Lipinski definition) is 6. The first-order valence-electron chi connectivity index (χ1n) is 18.8. The highest BCUT2D eigenvalue weighted by Gasteiger charge is 2.51. The van der Waals surface area contributed by atoms with E-state index < -0.39 is 22.2 Å². The molecule has 0 unspecified atom stereocenters. The van der Waals surface area contributed by atoms with Crippen molar-refractivity contribution < 1.29 is 27.7 Å². The first-order chi connectivity index (χ1) is 22.3. The third kappa shape index (κ3) is 8.57. The van der Waals surface area contributed by atoms with Crippen molar-refractivity contribution in [2.75, 3.05) is 6.61 Å². The van der Waals surface area contributed by atoms with Crippen LogP contribution < -0.4 is 4.52 Å². The van der Waals surface area contributed by atoms with Crippen LogP contribution in [0, 0.1) is 29.1 Å². The predicted molar refractivity (Wildman–Crippen MR) is 194 cm³/mol. The number of benzene rings is 1. The SMILES string of the molecule is CC[Si](CC)(CC)OC(C)(C)CCC[C@@H](C)[C@H]1CC[C@H]2/C(=C/C=C3\C[C@@H](O)[C@@H]4CO[P@@](=O)(Oc5ccccc5)O[C@@H]4C3)CCC[C@]12C. The summed E-state index contributed by atoms with van der Waals surface area (Å²) in [6, 6.07) is 12.6. The first-order valence-corrected chi connectivity index (χ1v) is 22.8. The lowest BCUT2D eigenvalue weighted by atomic mass is 9.60. The van der Waals surface area contributed by atoms with Crippen molar-refractivity contribution in [1.29, 1.82) is 0 Å². The van der Waals surface area contributed by atoms with Crippen LogP contribution in [0.2, 0.25) is 18.1 Å². The van der Waals surface area contributed by atoms with Crippen molar-refractivity contribution >= 4 is 16.1 Å². The van der Waals surface area contributed by atoms with Gasteiger partial charge in [0.1, 0.15) is 5.75 Å². The Morgan fingerprint density at radius 1 is 1.11 bits per heavy atom. The maximum absolute atomic E-state index is 13.3. The average molecular weight is 687 g/mol. The van der Waals surface area contributed by atoms with Gasteiger partial charge in [-0.25, -0.2) is 4.57 Å². The molecule has 3 aliphatic carbocycles. The number of phosphoric ester groups is 1. The monoisotopic (exact) mass is 686 g/mol. The summed E-state index contributed by atoms with van der Waals surface area (Å²) in [6.45, 7) is 16.9. The molecule has 5 rings (SSSR count). The summed E-state index contributed by atoms with van der Waals surface area (Å²) in [6.07, 6.45) is 14.9. The molecule has 3 saturated carbocycles. The topological polar surface area (TPSA) is 74.2 Å². The van der Waals surface area contributed by atoms with Gasteiger partial charge in [0, 0.05) is 5.92 Å². The van der Waals surface area contributed by atoms with Gasteiger partial charge in [0.25, 0.3) is 0 Å². The Balaban J connectivity index is 1.19. The Morgan fingerprint density at radius 3 is 2.53 bits per heavy atom. The van der Waals surface area contributed by atoms with Gasteiger partial charge in [0.05, 0.1) is 24.4 Å². The summed E-state index contributed by atoms with van der Waals surface area (Å²) in [7, 11) is -5.36. The van der Waals surface area contributed by atoms with Gasteiger partial charge in [-0.3, -0.25) is 9.05 Å². The number of phosphoric acid groups is 1. The second-order valence-corrected chi connectivity index (χ2v) is 22.3. The van der Waals surface area contributed by atoms with E-state index in [1.165, 1.54) is 56.7 Å². The predicted octanol–water partition coefficient (Wildman–Crippen LogP) is 11.0. The van der Waals surface area contributed by atoms with E-state index in [1.54, 1.807) is 17.7 Å². The molecule has 0 aromatic heterocycles. The summed E-state index contributed by atoms with van der Waals surface area (Å²) in [4.78, 5) is 0. The number of allylic oxidation sites excluding steroid dienone is 3. The fraction of sp³-hybridized carbons (Fsp3) is 0.744. The van der Waals surface area contributed by atoms with Crippen molar-refractivity contribution in [1.82, 2.24) is 0 Å². The molecule has 4 fully saturated rings. The van der Waals surface area contributed by atoms with E-state index in [-0.39, 0.29) is 24.2 Å². The number of rotatable bonds is 13. The molecular weight excluding hydrogens is 623 g/mol. The van der Waals surface area contributed by atoms with Gasteiger partial charge in [-0.05, 0) is 119 Å². The molecular formula is C39H63O6PSi. The van der Waals surface area contributed by atoms with Crippen LogP contribution >= 0.6 is 7.82 Å². The number of hydrogen-bond donors (Lipinski definition) is 1. The third-order valence-corrected chi connectivity index (χ3v) is 19.0. The first kappa shape index (κ1) is 37.1. The van der Waals surface area contributed by atoms with Gasteiger partial charge < -0.3 is 14.1 Å². The van der Waals surface area contributed by atoms with Crippen LogP contribution in [0.3, 0.4) is 0 Å². The highest BCUT2D eigenvalue weighted by atomic mass is 31.2. The minimum atomic E-state index is -3.75. The van der Waals surface area contributed by atoms with Crippen LogP contribution in [-0.2, 0) is 18.0 Å². The molecule has 8 heteroatoms. The quantitative estimate of drug-likeness (QED) is 0.164. The summed E-state index contributed by atoms with van der Waals surface area (Å²) < 4.78 is 37.5. The van der Waals surface area contributed by atoms with Crippen LogP contribution in [0.1, 0.15) is 113 Å². The molecule has 1 saturated heterocycles. The molecule has 0 spiro atoms. The van der Waals surface area contributed by atoms with Gasteiger partial charge in [-0.2, -0.15) is 0 Å². The molecule has 1 heterocycles. The van der Waals surface area contributed by atoms with Gasteiger partial charge in [-0.15, -0.1) is 0 Å². The molecule has 1 aliphatic heterocycles. The zero-order chi connectivity index (χ0) is 33.9. The van der Waals surface area contributed by atoms with E-state index in [1.807, 2.05) is 18.2 Å². The van der Waals surface area contributed by atoms with Crippen LogP contribution in [-0.4, -0.2) is 37.8 Å². The minimum absolute atomic E-state index is 0.0292. The second kappa shape index (κ2) is 15.4. The molecule has 1 aromatic carbocycles. The largest absolute Gasteiger partial charge is 0.530 e. The fourth-order valence-electron chi connectivity index (χ4n) is 9.76. The van der Waals surface area contributed by atoms with Crippen molar-refractivity contribution in [3.8, 4) is 5.75 Å². The lowest BCUT2D eigenvalue weighted by Crippen LogP contribution is -2.44. The number of aliphatic hydroxyl groups excluding tert-OH is 1. The molecule has 8 atom stereocenters. The molecule has 0 bridgehead atoms. The van der Waals surface area contributed by atoms with Crippen LogP contribution in [0.15, 0.2) is 53.6 Å². The molecule has 47 heavy (non-hydrogen) atoms. The van der Waals surface area contributed by atoms with Crippen LogP contribution in [0.5, 0.6) is 5.75 Å². The van der Waals surface area contributed by atoms with Gasteiger partial charge in [0.15, 0.2) is 8.32 Å². The maximum atomic E-state index is 13.3. The molecule has 4 aliphatic rings. The Labute approximate surface area is 286 Å². The molecule has 1 N–H and O–H groups in total. The molecule has 0 amide bonds. The van der Waals surface area contributed by atoms with E-state index in [2.05, 4.69) is 60.6 Å². The van der Waals surface area contributed by atoms with E-state index in [0.717, 1.165) is 24.3 Å². The normalized spacial score (nSPS) is 35.4. The lowest BCUT2D eigenvalue weighted by Gasteiger charge is -2.44. The number of para-hydroxylation sites is 1. The Bertz CT molecular complexity index is 1280. The van der Waals surface area contributed by atoms with Gasteiger partial charge in [-0.1, -0.05) is 89.0 Å². The van der Waals surface area contributed by atoms with E-state index in [9.17, 15) is 9.67 Å².